The number of furan rings is 1. The molecule has 80 valence electrons. The van der Waals surface area contributed by atoms with Gasteiger partial charge in [-0.05, 0) is 37.6 Å². The lowest BCUT2D eigenvalue weighted by atomic mass is 9.93. The molecule has 0 saturated heterocycles. The van der Waals surface area contributed by atoms with E-state index in [4.69, 9.17) is 4.42 Å². The van der Waals surface area contributed by atoms with Crippen molar-refractivity contribution >= 4 is 0 Å². The molecule has 0 aliphatic heterocycles. The number of hydrogen-bond acceptors (Lipinski definition) is 2. The van der Waals surface area contributed by atoms with E-state index < -0.39 is 0 Å². The molecule has 0 spiro atoms. The Morgan fingerprint density at radius 2 is 2.21 bits per heavy atom. The maximum Gasteiger partial charge on any atom is 0.106 e. The minimum Gasteiger partial charge on any atom is -0.469 e. The smallest absolute Gasteiger partial charge is 0.106 e. The van der Waals surface area contributed by atoms with E-state index in [0.717, 1.165) is 18.8 Å². The fourth-order valence-electron chi connectivity index (χ4n) is 1.51. The van der Waals surface area contributed by atoms with E-state index in [0.29, 0.717) is 11.8 Å². The van der Waals surface area contributed by atoms with Crippen LogP contribution in [-0.4, -0.2) is 13.1 Å². The van der Waals surface area contributed by atoms with Crippen LogP contribution in [0.1, 0.15) is 38.9 Å². The Hall–Kier alpha value is -0.760. The van der Waals surface area contributed by atoms with Gasteiger partial charge in [0, 0.05) is 5.92 Å². The summed E-state index contributed by atoms with van der Waals surface area (Å²) in [6.45, 7) is 8.84. The van der Waals surface area contributed by atoms with Gasteiger partial charge in [-0.2, -0.15) is 0 Å². The molecule has 1 rings (SSSR count). The second-order valence-electron chi connectivity index (χ2n) is 3.99. The van der Waals surface area contributed by atoms with E-state index in [2.05, 4.69) is 32.2 Å². The van der Waals surface area contributed by atoms with Gasteiger partial charge in [0.15, 0.2) is 0 Å². The summed E-state index contributed by atoms with van der Waals surface area (Å²) in [6.07, 6.45) is 2.94. The maximum atomic E-state index is 5.39. The van der Waals surface area contributed by atoms with Crippen LogP contribution in [0.5, 0.6) is 0 Å². The van der Waals surface area contributed by atoms with Crippen LogP contribution in [0.3, 0.4) is 0 Å². The van der Waals surface area contributed by atoms with Crippen LogP contribution in [0.25, 0.3) is 0 Å². The third kappa shape index (κ3) is 3.18. The lowest BCUT2D eigenvalue weighted by Gasteiger charge is -2.18. The fourth-order valence-corrected chi connectivity index (χ4v) is 1.51. The predicted molar refractivity (Wildman–Crippen MR) is 59.4 cm³/mol. The number of rotatable bonds is 6. The average molecular weight is 195 g/mol. The number of nitrogens with one attached hydrogen (secondary N) is 1. The summed E-state index contributed by atoms with van der Waals surface area (Å²) in [5.41, 5.74) is 0. The highest BCUT2D eigenvalue weighted by Gasteiger charge is 2.15. The first-order chi connectivity index (χ1) is 6.75. The molecular weight excluding hydrogens is 174 g/mol. The van der Waals surface area contributed by atoms with E-state index in [9.17, 15) is 0 Å². The van der Waals surface area contributed by atoms with Crippen molar-refractivity contribution in [1.82, 2.24) is 5.32 Å². The molecule has 2 unspecified atom stereocenters. The summed E-state index contributed by atoms with van der Waals surface area (Å²) < 4.78 is 5.39. The van der Waals surface area contributed by atoms with Crippen LogP contribution in [0.15, 0.2) is 22.8 Å². The largest absolute Gasteiger partial charge is 0.469 e. The van der Waals surface area contributed by atoms with Gasteiger partial charge >= 0.3 is 0 Å². The fraction of sp³-hybridized carbons (Fsp3) is 0.667. The zero-order valence-corrected chi connectivity index (χ0v) is 9.42. The monoisotopic (exact) mass is 195 g/mol. The van der Waals surface area contributed by atoms with Crippen LogP contribution < -0.4 is 5.32 Å². The molecule has 2 nitrogen and oxygen atoms in total. The van der Waals surface area contributed by atoms with E-state index in [-0.39, 0.29) is 0 Å². The third-order valence-corrected chi connectivity index (χ3v) is 2.74. The standard InChI is InChI=1S/C12H21NO/c1-4-7-13-9-10(2)11(3)12-6-5-8-14-12/h5-6,8,10-11,13H,4,7,9H2,1-3H3. The quantitative estimate of drug-likeness (QED) is 0.706. The van der Waals surface area contributed by atoms with Gasteiger partial charge in [0.05, 0.1) is 6.26 Å². The predicted octanol–water partition coefficient (Wildman–Crippen LogP) is 3.02. The molecular formula is C12H21NO. The van der Waals surface area contributed by atoms with Crippen LogP contribution in [0.4, 0.5) is 0 Å². The molecule has 0 fully saturated rings. The molecule has 0 aliphatic carbocycles. The highest BCUT2D eigenvalue weighted by Crippen LogP contribution is 2.23. The summed E-state index contributed by atoms with van der Waals surface area (Å²) in [6, 6.07) is 4.01. The lowest BCUT2D eigenvalue weighted by Crippen LogP contribution is -2.24. The second kappa shape index (κ2) is 5.86. The topological polar surface area (TPSA) is 25.2 Å². The van der Waals surface area contributed by atoms with E-state index >= 15 is 0 Å². The van der Waals surface area contributed by atoms with Gasteiger partial charge < -0.3 is 9.73 Å². The molecule has 1 aromatic rings. The van der Waals surface area contributed by atoms with Crippen LogP contribution in [-0.2, 0) is 0 Å². The molecule has 2 atom stereocenters. The zero-order valence-electron chi connectivity index (χ0n) is 9.42. The Morgan fingerprint density at radius 3 is 2.79 bits per heavy atom. The molecule has 0 aromatic carbocycles. The summed E-state index contributed by atoms with van der Waals surface area (Å²) in [5, 5.41) is 3.44. The van der Waals surface area contributed by atoms with Crippen molar-refractivity contribution < 1.29 is 4.42 Å². The van der Waals surface area contributed by atoms with Crippen molar-refractivity contribution in [3.05, 3.63) is 24.2 Å². The average Bonchev–Trinajstić information content (AvgIpc) is 2.69. The van der Waals surface area contributed by atoms with Gasteiger partial charge in [0.2, 0.25) is 0 Å². The Balaban J connectivity index is 2.33. The van der Waals surface area contributed by atoms with Crippen molar-refractivity contribution in [3.63, 3.8) is 0 Å². The Bertz CT molecular complexity index is 230. The van der Waals surface area contributed by atoms with E-state index in [1.165, 1.54) is 6.42 Å². The molecule has 0 aliphatic rings. The van der Waals surface area contributed by atoms with Crippen LogP contribution in [0, 0.1) is 5.92 Å². The molecule has 1 N–H and O–H groups in total. The minimum absolute atomic E-state index is 0.495. The molecule has 14 heavy (non-hydrogen) atoms. The summed E-state index contributed by atoms with van der Waals surface area (Å²) in [7, 11) is 0. The van der Waals surface area contributed by atoms with Gasteiger partial charge in [0.25, 0.3) is 0 Å². The summed E-state index contributed by atoms with van der Waals surface area (Å²) in [4.78, 5) is 0. The highest BCUT2D eigenvalue weighted by atomic mass is 16.3. The lowest BCUT2D eigenvalue weighted by molar-refractivity contribution is 0.381. The number of hydrogen-bond donors (Lipinski definition) is 1. The Labute approximate surface area is 86.7 Å². The molecule has 0 bridgehead atoms. The van der Waals surface area contributed by atoms with Gasteiger partial charge in [-0.25, -0.2) is 0 Å². The molecule has 1 aromatic heterocycles. The highest BCUT2D eigenvalue weighted by molar-refractivity contribution is 5.05. The molecule has 0 amide bonds. The van der Waals surface area contributed by atoms with Crippen molar-refractivity contribution in [2.24, 2.45) is 5.92 Å². The van der Waals surface area contributed by atoms with Gasteiger partial charge in [-0.15, -0.1) is 0 Å². The molecule has 1 heterocycles. The first kappa shape index (κ1) is 11.3. The molecule has 0 radical (unpaired) electrons. The summed E-state index contributed by atoms with van der Waals surface area (Å²) >= 11 is 0. The Kier molecular flexibility index (Phi) is 4.74. The SMILES string of the molecule is CCCNCC(C)C(C)c1ccco1. The van der Waals surface area contributed by atoms with Gasteiger partial charge in [-0.3, -0.25) is 0 Å². The first-order valence-corrected chi connectivity index (χ1v) is 5.49. The van der Waals surface area contributed by atoms with Gasteiger partial charge in [0.1, 0.15) is 5.76 Å². The summed E-state index contributed by atoms with van der Waals surface area (Å²) in [5.74, 6) is 2.21. The van der Waals surface area contributed by atoms with Crippen molar-refractivity contribution in [2.75, 3.05) is 13.1 Å². The molecule has 0 saturated carbocycles. The van der Waals surface area contributed by atoms with Crippen LogP contribution >= 0.6 is 0 Å². The van der Waals surface area contributed by atoms with Crippen molar-refractivity contribution in [2.45, 2.75) is 33.1 Å². The normalized spacial score (nSPS) is 15.4. The van der Waals surface area contributed by atoms with Crippen molar-refractivity contribution in [3.8, 4) is 0 Å². The Morgan fingerprint density at radius 1 is 1.43 bits per heavy atom. The van der Waals surface area contributed by atoms with E-state index in [1.807, 2.05) is 6.07 Å². The van der Waals surface area contributed by atoms with Gasteiger partial charge in [-0.1, -0.05) is 20.8 Å². The van der Waals surface area contributed by atoms with Crippen LogP contribution in [0.2, 0.25) is 0 Å². The minimum atomic E-state index is 0.495. The maximum absolute atomic E-state index is 5.39. The zero-order chi connectivity index (χ0) is 10.4. The third-order valence-electron chi connectivity index (χ3n) is 2.74. The van der Waals surface area contributed by atoms with Crippen molar-refractivity contribution in [1.29, 1.82) is 0 Å². The first-order valence-electron chi connectivity index (χ1n) is 5.49. The van der Waals surface area contributed by atoms with E-state index in [1.54, 1.807) is 6.26 Å². The second-order valence-corrected chi connectivity index (χ2v) is 3.99. The molecule has 2 heteroatoms.